The predicted octanol–water partition coefficient (Wildman–Crippen LogP) is 3.63. The van der Waals surface area contributed by atoms with Crippen molar-refractivity contribution in [3.8, 4) is 0 Å². The van der Waals surface area contributed by atoms with Crippen LogP contribution in [0.15, 0.2) is 6.07 Å². The monoisotopic (exact) mass is 266 g/mol. The highest BCUT2D eigenvalue weighted by atomic mass is 32.1. The lowest BCUT2D eigenvalue weighted by atomic mass is 9.95. The van der Waals surface area contributed by atoms with Gasteiger partial charge in [0.05, 0.1) is 0 Å². The zero-order valence-corrected chi connectivity index (χ0v) is 12.7. The topological polar surface area (TPSA) is 29.3 Å². The molecule has 2 heterocycles. The molecule has 2 rings (SSSR count). The lowest BCUT2D eigenvalue weighted by Gasteiger charge is -2.40. The molecule has 2 unspecified atom stereocenters. The molecule has 2 atom stereocenters. The lowest BCUT2D eigenvalue weighted by molar-refractivity contribution is 0.0948. The Morgan fingerprint density at radius 3 is 2.78 bits per heavy atom. The molecule has 1 saturated heterocycles. The van der Waals surface area contributed by atoms with Crippen LogP contribution in [-0.4, -0.2) is 24.0 Å². The molecule has 2 N–H and O–H groups in total. The Hall–Kier alpha value is -0.380. The Morgan fingerprint density at radius 2 is 2.22 bits per heavy atom. The summed E-state index contributed by atoms with van der Waals surface area (Å²) >= 11 is 1.90. The first-order chi connectivity index (χ1) is 8.67. The van der Waals surface area contributed by atoms with Gasteiger partial charge in [-0.3, -0.25) is 4.90 Å². The van der Waals surface area contributed by atoms with Crippen LogP contribution in [0.2, 0.25) is 0 Å². The van der Waals surface area contributed by atoms with Crippen LogP contribution in [-0.2, 0) is 0 Å². The van der Waals surface area contributed by atoms with Crippen LogP contribution in [0.5, 0.6) is 0 Å². The van der Waals surface area contributed by atoms with Crippen molar-refractivity contribution in [1.29, 1.82) is 0 Å². The Bertz CT molecular complexity index is 386. The maximum absolute atomic E-state index is 6.09. The predicted molar refractivity (Wildman–Crippen MR) is 80.2 cm³/mol. The second-order valence-electron chi connectivity index (χ2n) is 5.42. The van der Waals surface area contributed by atoms with Gasteiger partial charge >= 0.3 is 0 Å². The Labute approximate surface area is 115 Å². The van der Waals surface area contributed by atoms with Crippen LogP contribution < -0.4 is 5.73 Å². The Morgan fingerprint density at radius 1 is 1.44 bits per heavy atom. The van der Waals surface area contributed by atoms with E-state index < -0.39 is 0 Å². The van der Waals surface area contributed by atoms with Crippen LogP contribution in [0.4, 0.5) is 0 Å². The number of aryl methyl sites for hydroxylation is 2. The van der Waals surface area contributed by atoms with Gasteiger partial charge in [-0.05, 0) is 51.3 Å². The summed E-state index contributed by atoms with van der Waals surface area (Å²) in [5, 5.41) is 0. The fourth-order valence-electron chi connectivity index (χ4n) is 3.29. The molecule has 0 saturated carbocycles. The molecule has 0 radical (unpaired) electrons. The molecule has 3 heteroatoms. The van der Waals surface area contributed by atoms with Crippen LogP contribution in [0.1, 0.15) is 54.0 Å². The van der Waals surface area contributed by atoms with Gasteiger partial charge in [-0.2, -0.15) is 0 Å². The van der Waals surface area contributed by atoms with Gasteiger partial charge in [-0.25, -0.2) is 0 Å². The molecular formula is C15H26N2S. The van der Waals surface area contributed by atoms with Crippen molar-refractivity contribution >= 4 is 11.3 Å². The van der Waals surface area contributed by atoms with Gasteiger partial charge < -0.3 is 5.73 Å². The summed E-state index contributed by atoms with van der Waals surface area (Å²) in [6.45, 7) is 8.70. The first-order valence-corrected chi connectivity index (χ1v) is 8.01. The summed E-state index contributed by atoms with van der Waals surface area (Å²) < 4.78 is 0. The largest absolute Gasteiger partial charge is 0.329 e. The van der Waals surface area contributed by atoms with Crippen molar-refractivity contribution in [3.63, 3.8) is 0 Å². The Balaban J connectivity index is 2.24. The molecule has 1 fully saturated rings. The van der Waals surface area contributed by atoms with Gasteiger partial charge in [0.1, 0.15) is 0 Å². The van der Waals surface area contributed by atoms with Crippen molar-refractivity contribution < 1.29 is 0 Å². The fourth-order valence-corrected chi connectivity index (χ4v) is 4.28. The number of hydrogen-bond acceptors (Lipinski definition) is 3. The summed E-state index contributed by atoms with van der Waals surface area (Å²) in [6.07, 6.45) is 5.30. The van der Waals surface area contributed by atoms with Crippen LogP contribution in [0.25, 0.3) is 0 Å². The second kappa shape index (κ2) is 6.18. The van der Waals surface area contributed by atoms with E-state index in [1.807, 2.05) is 11.3 Å². The molecule has 1 aliphatic heterocycles. The van der Waals surface area contributed by atoms with Crippen molar-refractivity contribution in [2.45, 2.75) is 58.5 Å². The molecule has 0 aliphatic carbocycles. The van der Waals surface area contributed by atoms with Gasteiger partial charge in [-0.15, -0.1) is 11.3 Å². The molecule has 0 aromatic carbocycles. The minimum atomic E-state index is 0.431. The number of rotatable bonds is 4. The van der Waals surface area contributed by atoms with Crippen LogP contribution in [0, 0.1) is 13.8 Å². The van der Waals surface area contributed by atoms with Gasteiger partial charge in [-0.1, -0.05) is 13.3 Å². The number of nitrogens with two attached hydrogens (primary N) is 1. The standard InChI is InChI=1S/C15H26N2S/c1-4-13-7-5-6-8-17(13)15(10-16)14-9-11(2)18-12(14)3/h9,13,15H,4-8,10,16H2,1-3H3. The fraction of sp³-hybridized carbons (Fsp3) is 0.733. The molecular weight excluding hydrogens is 240 g/mol. The molecule has 0 amide bonds. The van der Waals surface area contributed by atoms with E-state index >= 15 is 0 Å². The normalized spacial score (nSPS) is 23.2. The van der Waals surface area contributed by atoms with E-state index in [2.05, 4.69) is 31.7 Å². The van der Waals surface area contributed by atoms with Crippen LogP contribution in [0.3, 0.4) is 0 Å². The highest BCUT2D eigenvalue weighted by Gasteiger charge is 2.29. The molecule has 18 heavy (non-hydrogen) atoms. The number of hydrogen-bond donors (Lipinski definition) is 1. The zero-order chi connectivity index (χ0) is 13.1. The summed E-state index contributed by atoms with van der Waals surface area (Å²) in [4.78, 5) is 5.52. The summed E-state index contributed by atoms with van der Waals surface area (Å²) in [5.74, 6) is 0. The molecule has 2 nitrogen and oxygen atoms in total. The van der Waals surface area contributed by atoms with E-state index in [0.717, 1.165) is 12.6 Å². The Kier molecular flexibility index (Phi) is 4.82. The minimum Gasteiger partial charge on any atom is -0.329 e. The third-order valence-corrected chi connectivity index (χ3v) is 5.19. The van der Waals surface area contributed by atoms with E-state index in [0.29, 0.717) is 6.04 Å². The molecule has 1 aromatic heterocycles. The number of piperidine rings is 1. The highest BCUT2D eigenvalue weighted by Crippen LogP contribution is 2.34. The molecule has 1 aliphatic rings. The molecule has 0 spiro atoms. The smallest absolute Gasteiger partial charge is 0.0484 e. The van der Waals surface area contributed by atoms with Crippen molar-refractivity contribution in [1.82, 2.24) is 4.90 Å². The van der Waals surface area contributed by atoms with E-state index in [-0.39, 0.29) is 0 Å². The first-order valence-electron chi connectivity index (χ1n) is 7.20. The van der Waals surface area contributed by atoms with E-state index in [1.54, 1.807) is 0 Å². The van der Waals surface area contributed by atoms with Gasteiger partial charge in [0.2, 0.25) is 0 Å². The summed E-state index contributed by atoms with van der Waals surface area (Å²) in [7, 11) is 0. The molecule has 1 aromatic rings. The average Bonchev–Trinajstić information content (AvgIpc) is 2.70. The molecule has 102 valence electrons. The summed E-state index contributed by atoms with van der Waals surface area (Å²) in [6, 6.07) is 3.51. The van der Waals surface area contributed by atoms with Crippen molar-refractivity contribution in [3.05, 3.63) is 21.4 Å². The number of likely N-dealkylation sites (tertiary alicyclic amines) is 1. The zero-order valence-electron chi connectivity index (χ0n) is 11.9. The second-order valence-corrected chi connectivity index (χ2v) is 6.88. The van der Waals surface area contributed by atoms with E-state index in [1.165, 1.54) is 47.5 Å². The van der Waals surface area contributed by atoms with E-state index in [9.17, 15) is 0 Å². The summed E-state index contributed by atoms with van der Waals surface area (Å²) in [5.41, 5.74) is 7.57. The SMILES string of the molecule is CCC1CCCCN1C(CN)c1cc(C)sc1C. The molecule has 0 bridgehead atoms. The first kappa shape index (κ1) is 14.0. The third kappa shape index (κ3) is 2.79. The van der Waals surface area contributed by atoms with Crippen molar-refractivity contribution in [2.24, 2.45) is 5.73 Å². The van der Waals surface area contributed by atoms with Gasteiger partial charge in [0, 0.05) is 28.4 Å². The quantitative estimate of drug-likeness (QED) is 0.901. The van der Waals surface area contributed by atoms with Gasteiger partial charge in [0.15, 0.2) is 0 Å². The number of nitrogens with zero attached hydrogens (tertiary/aromatic N) is 1. The van der Waals surface area contributed by atoms with Crippen LogP contribution >= 0.6 is 11.3 Å². The maximum atomic E-state index is 6.09. The minimum absolute atomic E-state index is 0.431. The van der Waals surface area contributed by atoms with E-state index in [4.69, 9.17) is 5.73 Å². The third-order valence-electron chi connectivity index (χ3n) is 4.21. The maximum Gasteiger partial charge on any atom is 0.0484 e. The average molecular weight is 266 g/mol. The number of thiophene rings is 1. The lowest BCUT2D eigenvalue weighted by Crippen LogP contribution is -2.44. The van der Waals surface area contributed by atoms with Gasteiger partial charge in [0.25, 0.3) is 0 Å². The highest BCUT2D eigenvalue weighted by molar-refractivity contribution is 7.12. The van der Waals surface area contributed by atoms with Crippen molar-refractivity contribution in [2.75, 3.05) is 13.1 Å².